The summed E-state index contributed by atoms with van der Waals surface area (Å²) in [7, 11) is 1.76. The summed E-state index contributed by atoms with van der Waals surface area (Å²) in [6.45, 7) is 1.79. The Morgan fingerprint density at radius 2 is 2.22 bits per heavy atom. The lowest BCUT2D eigenvalue weighted by molar-refractivity contribution is 0.102. The van der Waals surface area contributed by atoms with Gasteiger partial charge in [0.2, 0.25) is 0 Å². The molecule has 1 heterocycles. The second kappa shape index (κ2) is 4.48. The number of nitrogens with zero attached hydrogens (tertiary/aromatic N) is 2. The number of nitrogens with two attached hydrogens (primary N) is 1. The van der Waals surface area contributed by atoms with E-state index in [4.69, 9.17) is 5.73 Å². The van der Waals surface area contributed by atoms with Crippen LogP contribution in [-0.2, 0) is 7.05 Å². The van der Waals surface area contributed by atoms with Crippen LogP contribution >= 0.6 is 0 Å². The average Bonchev–Trinajstić information content (AvgIpc) is 2.61. The molecule has 0 saturated heterocycles. The number of carbonyl (C=O) groups is 1. The first-order chi connectivity index (χ1) is 8.47. The Bertz CT molecular complexity index is 606. The summed E-state index contributed by atoms with van der Waals surface area (Å²) < 4.78 is 14.6. The molecular formula is C12H13FN4O. The van der Waals surface area contributed by atoms with Crippen LogP contribution in [0.4, 0.5) is 15.8 Å². The van der Waals surface area contributed by atoms with Crippen LogP contribution in [0.1, 0.15) is 16.1 Å². The number of halogens is 1. The van der Waals surface area contributed by atoms with E-state index in [0.29, 0.717) is 16.9 Å². The molecule has 0 bridgehead atoms. The van der Waals surface area contributed by atoms with Gasteiger partial charge in [-0.05, 0) is 25.1 Å². The van der Waals surface area contributed by atoms with E-state index in [1.165, 1.54) is 18.2 Å². The Hall–Kier alpha value is -2.37. The normalized spacial score (nSPS) is 10.4. The largest absolute Gasteiger partial charge is 0.396 e. The van der Waals surface area contributed by atoms with Crippen LogP contribution in [0.5, 0.6) is 0 Å². The third-order valence-corrected chi connectivity index (χ3v) is 2.52. The zero-order valence-electron chi connectivity index (χ0n) is 10.1. The van der Waals surface area contributed by atoms with Gasteiger partial charge in [-0.3, -0.25) is 9.48 Å². The molecule has 0 spiro atoms. The molecule has 1 aromatic heterocycles. The predicted molar refractivity (Wildman–Crippen MR) is 66.7 cm³/mol. The van der Waals surface area contributed by atoms with Gasteiger partial charge in [-0.2, -0.15) is 5.10 Å². The zero-order chi connectivity index (χ0) is 13.3. The van der Waals surface area contributed by atoms with Crippen molar-refractivity contribution in [2.75, 3.05) is 11.1 Å². The number of benzene rings is 1. The second-order valence-corrected chi connectivity index (χ2v) is 3.99. The quantitative estimate of drug-likeness (QED) is 0.794. The predicted octanol–water partition coefficient (Wildman–Crippen LogP) is 1.70. The van der Waals surface area contributed by atoms with Gasteiger partial charge >= 0.3 is 0 Å². The molecule has 2 rings (SSSR count). The van der Waals surface area contributed by atoms with Crippen LogP contribution in [0.3, 0.4) is 0 Å². The number of anilines is 2. The minimum absolute atomic E-state index is 0.0504. The van der Waals surface area contributed by atoms with Crippen molar-refractivity contribution in [2.24, 2.45) is 7.05 Å². The van der Waals surface area contributed by atoms with Crippen molar-refractivity contribution in [2.45, 2.75) is 6.92 Å². The zero-order valence-corrected chi connectivity index (χ0v) is 10.1. The first kappa shape index (κ1) is 12.1. The standard InChI is InChI=1S/C12H13FN4O/c1-7-11(6-17(2)16-7)15-12(18)8-3-4-9(13)10(14)5-8/h3-6H,14H2,1-2H3,(H,15,18). The number of carbonyl (C=O) groups excluding carboxylic acids is 1. The number of nitrogens with one attached hydrogen (secondary N) is 1. The van der Waals surface area contributed by atoms with Crippen molar-refractivity contribution in [3.8, 4) is 0 Å². The van der Waals surface area contributed by atoms with Gasteiger partial charge in [-0.1, -0.05) is 0 Å². The van der Waals surface area contributed by atoms with E-state index in [0.717, 1.165) is 0 Å². The fraction of sp³-hybridized carbons (Fsp3) is 0.167. The molecule has 0 atom stereocenters. The van der Waals surface area contributed by atoms with Crippen molar-refractivity contribution in [1.82, 2.24) is 9.78 Å². The number of nitrogen functional groups attached to an aromatic ring is 1. The van der Waals surface area contributed by atoms with Gasteiger partial charge in [-0.15, -0.1) is 0 Å². The summed E-state index contributed by atoms with van der Waals surface area (Å²) in [5.74, 6) is -0.887. The molecule has 3 N–H and O–H groups in total. The molecule has 1 amide bonds. The van der Waals surface area contributed by atoms with Gasteiger partial charge in [0.15, 0.2) is 0 Å². The van der Waals surface area contributed by atoms with Crippen molar-refractivity contribution in [3.05, 3.63) is 41.5 Å². The van der Waals surface area contributed by atoms with Crippen LogP contribution in [-0.4, -0.2) is 15.7 Å². The lowest BCUT2D eigenvalue weighted by atomic mass is 10.2. The maximum absolute atomic E-state index is 13.0. The Morgan fingerprint density at radius 3 is 2.78 bits per heavy atom. The van der Waals surface area contributed by atoms with Crippen LogP contribution in [0.2, 0.25) is 0 Å². The summed E-state index contributed by atoms with van der Waals surface area (Å²) in [4.78, 5) is 11.9. The highest BCUT2D eigenvalue weighted by Crippen LogP contribution is 2.16. The van der Waals surface area contributed by atoms with Crippen LogP contribution in [0.25, 0.3) is 0 Å². The molecule has 0 radical (unpaired) electrons. The van der Waals surface area contributed by atoms with Crippen LogP contribution in [0.15, 0.2) is 24.4 Å². The second-order valence-electron chi connectivity index (χ2n) is 3.99. The molecule has 0 fully saturated rings. The van der Waals surface area contributed by atoms with Crippen molar-refractivity contribution < 1.29 is 9.18 Å². The lowest BCUT2D eigenvalue weighted by Gasteiger charge is -2.04. The molecule has 6 heteroatoms. The van der Waals surface area contributed by atoms with Gasteiger partial charge < -0.3 is 11.1 Å². The Labute approximate surface area is 103 Å². The van der Waals surface area contributed by atoms with Gasteiger partial charge in [0.1, 0.15) is 5.82 Å². The Kier molecular flexibility index (Phi) is 3.01. The van der Waals surface area contributed by atoms with E-state index in [-0.39, 0.29) is 11.6 Å². The van der Waals surface area contributed by atoms with Gasteiger partial charge in [0, 0.05) is 18.8 Å². The van der Waals surface area contributed by atoms with Crippen molar-refractivity contribution in [1.29, 1.82) is 0 Å². The van der Waals surface area contributed by atoms with E-state index >= 15 is 0 Å². The fourth-order valence-electron chi connectivity index (χ4n) is 1.60. The monoisotopic (exact) mass is 248 g/mol. The fourth-order valence-corrected chi connectivity index (χ4v) is 1.60. The maximum Gasteiger partial charge on any atom is 0.255 e. The number of aryl methyl sites for hydroxylation is 2. The van der Waals surface area contributed by atoms with Crippen molar-refractivity contribution >= 4 is 17.3 Å². The van der Waals surface area contributed by atoms with E-state index in [9.17, 15) is 9.18 Å². The summed E-state index contributed by atoms with van der Waals surface area (Å²) >= 11 is 0. The molecule has 0 saturated carbocycles. The van der Waals surface area contributed by atoms with Gasteiger partial charge in [0.25, 0.3) is 5.91 Å². The third-order valence-electron chi connectivity index (χ3n) is 2.52. The number of hydrogen-bond donors (Lipinski definition) is 2. The summed E-state index contributed by atoms with van der Waals surface area (Å²) in [5.41, 5.74) is 6.99. The molecule has 0 aliphatic heterocycles. The molecule has 0 unspecified atom stereocenters. The molecule has 94 valence electrons. The number of hydrogen-bond acceptors (Lipinski definition) is 3. The van der Waals surface area contributed by atoms with E-state index in [1.807, 2.05) is 0 Å². The Balaban J connectivity index is 2.22. The summed E-state index contributed by atoms with van der Waals surface area (Å²) in [6, 6.07) is 3.85. The van der Waals surface area contributed by atoms with Crippen molar-refractivity contribution in [3.63, 3.8) is 0 Å². The minimum Gasteiger partial charge on any atom is -0.396 e. The number of aromatic nitrogens is 2. The highest BCUT2D eigenvalue weighted by molar-refractivity contribution is 6.04. The molecule has 0 aliphatic rings. The number of rotatable bonds is 2. The van der Waals surface area contributed by atoms with E-state index in [1.54, 1.807) is 24.9 Å². The summed E-state index contributed by atoms with van der Waals surface area (Å²) in [5, 5.41) is 6.80. The molecule has 18 heavy (non-hydrogen) atoms. The van der Waals surface area contributed by atoms with Gasteiger partial charge in [-0.25, -0.2) is 4.39 Å². The molecule has 0 aliphatic carbocycles. The summed E-state index contributed by atoms with van der Waals surface area (Å²) in [6.07, 6.45) is 1.69. The smallest absolute Gasteiger partial charge is 0.255 e. The first-order valence-corrected chi connectivity index (χ1v) is 5.34. The molecule has 2 aromatic rings. The van der Waals surface area contributed by atoms with Gasteiger partial charge in [0.05, 0.1) is 17.1 Å². The number of amides is 1. The molecule has 1 aromatic carbocycles. The van der Waals surface area contributed by atoms with E-state index in [2.05, 4.69) is 10.4 Å². The third kappa shape index (κ3) is 2.32. The van der Waals surface area contributed by atoms with Crippen LogP contribution in [0, 0.1) is 12.7 Å². The van der Waals surface area contributed by atoms with E-state index < -0.39 is 5.82 Å². The molecular weight excluding hydrogens is 235 g/mol. The minimum atomic E-state index is -0.538. The maximum atomic E-state index is 13.0. The SMILES string of the molecule is Cc1nn(C)cc1NC(=O)c1ccc(F)c(N)c1. The highest BCUT2D eigenvalue weighted by Gasteiger charge is 2.11. The Morgan fingerprint density at radius 1 is 1.50 bits per heavy atom. The first-order valence-electron chi connectivity index (χ1n) is 5.34. The lowest BCUT2D eigenvalue weighted by Crippen LogP contribution is -2.12. The average molecular weight is 248 g/mol. The van der Waals surface area contributed by atoms with Crippen LogP contribution < -0.4 is 11.1 Å². The molecule has 5 nitrogen and oxygen atoms in total. The topological polar surface area (TPSA) is 72.9 Å². The highest BCUT2D eigenvalue weighted by atomic mass is 19.1.